The molecule has 0 aliphatic carbocycles. The minimum Gasteiger partial charge on any atom is -0.353 e. The number of hydrogen-bond donors (Lipinski definition) is 0. The highest BCUT2D eigenvalue weighted by Gasteiger charge is 2.31. The van der Waals surface area contributed by atoms with E-state index < -0.39 is 15.8 Å². The highest BCUT2D eigenvalue weighted by atomic mass is 32.2. The highest BCUT2D eigenvalue weighted by molar-refractivity contribution is 7.89. The van der Waals surface area contributed by atoms with Crippen LogP contribution in [0.25, 0.3) is 5.69 Å². The van der Waals surface area contributed by atoms with E-state index in [-0.39, 0.29) is 23.5 Å². The third kappa shape index (κ3) is 3.86. The van der Waals surface area contributed by atoms with Gasteiger partial charge in [0.2, 0.25) is 10.0 Å². The molecule has 1 aliphatic rings. The molecule has 0 radical (unpaired) electrons. The van der Waals surface area contributed by atoms with Gasteiger partial charge in [-0.15, -0.1) is 5.10 Å². The van der Waals surface area contributed by atoms with E-state index >= 15 is 0 Å². The normalized spacial score (nSPS) is 15.3. The second-order valence-corrected chi connectivity index (χ2v) is 9.01. The van der Waals surface area contributed by atoms with E-state index in [0.29, 0.717) is 24.6 Å². The van der Waals surface area contributed by atoms with E-state index in [2.05, 4.69) is 5.10 Å². The third-order valence-corrected chi connectivity index (χ3v) is 7.01. The first-order valence-corrected chi connectivity index (χ1v) is 11.0. The number of piperazine rings is 1. The molecule has 0 N–H and O–H groups in total. The van der Waals surface area contributed by atoms with E-state index in [1.807, 2.05) is 36.1 Å². The van der Waals surface area contributed by atoms with Crippen molar-refractivity contribution in [3.8, 4) is 5.69 Å². The molecular formula is C21H21FN4O3S. The van der Waals surface area contributed by atoms with Gasteiger partial charge in [0.05, 0.1) is 5.69 Å². The summed E-state index contributed by atoms with van der Waals surface area (Å²) in [5.41, 5.74) is 1.49. The summed E-state index contributed by atoms with van der Waals surface area (Å²) in [5.74, 6) is -0.176. The average Bonchev–Trinajstić information content (AvgIpc) is 2.75. The van der Waals surface area contributed by atoms with Crippen molar-refractivity contribution in [2.45, 2.75) is 11.8 Å². The number of rotatable bonds is 4. The monoisotopic (exact) mass is 428 g/mol. The van der Waals surface area contributed by atoms with Crippen molar-refractivity contribution in [3.63, 3.8) is 0 Å². The molecule has 9 heteroatoms. The summed E-state index contributed by atoms with van der Waals surface area (Å²) in [5, 5.41) is 4.46. The van der Waals surface area contributed by atoms with Crippen LogP contribution in [0.1, 0.15) is 5.56 Å². The zero-order valence-electron chi connectivity index (χ0n) is 16.4. The molecule has 0 atom stereocenters. The predicted molar refractivity (Wildman–Crippen MR) is 112 cm³/mol. The molecule has 2 aromatic carbocycles. The Bertz CT molecular complexity index is 1220. The number of aryl methyl sites for hydroxylation is 1. The van der Waals surface area contributed by atoms with Crippen molar-refractivity contribution in [2.24, 2.45) is 0 Å². The minimum atomic E-state index is -3.90. The number of hydrogen-bond acceptors (Lipinski definition) is 5. The van der Waals surface area contributed by atoms with E-state index in [1.165, 1.54) is 33.3 Å². The van der Waals surface area contributed by atoms with Gasteiger partial charge in [-0.05, 0) is 37.3 Å². The van der Waals surface area contributed by atoms with Gasteiger partial charge < -0.3 is 4.90 Å². The van der Waals surface area contributed by atoms with Crippen LogP contribution < -0.4 is 10.5 Å². The number of nitrogens with zero attached hydrogens (tertiary/aromatic N) is 4. The van der Waals surface area contributed by atoms with Crippen molar-refractivity contribution >= 4 is 15.8 Å². The van der Waals surface area contributed by atoms with Crippen LogP contribution in [0, 0.1) is 12.7 Å². The molecule has 30 heavy (non-hydrogen) atoms. The first-order chi connectivity index (χ1) is 14.4. The Hall–Kier alpha value is -3.04. The Labute approximate surface area is 174 Å². The second-order valence-electron chi connectivity index (χ2n) is 7.10. The topological polar surface area (TPSA) is 75.5 Å². The maximum atomic E-state index is 14.0. The Morgan fingerprint density at radius 1 is 0.900 bits per heavy atom. The minimum absolute atomic E-state index is 0.196. The van der Waals surface area contributed by atoms with Crippen LogP contribution in [0.15, 0.2) is 70.4 Å². The maximum Gasteiger partial charge on any atom is 0.271 e. The molecule has 1 fully saturated rings. The standard InChI is InChI=1S/C21H21FN4O3S/c1-16-6-8-17(9-7-16)26-21(27)11-10-20(23-26)24-12-14-25(15-13-24)30(28,29)19-5-3-2-4-18(19)22/h2-11H,12-15H2,1H3. The number of aromatic nitrogens is 2. The van der Waals surface area contributed by atoms with Crippen molar-refractivity contribution in [1.29, 1.82) is 0 Å². The van der Waals surface area contributed by atoms with Gasteiger partial charge in [-0.1, -0.05) is 29.8 Å². The lowest BCUT2D eigenvalue weighted by Crippen LogP contribution is -2.49. The van der Waals surface area contributed by atoms with Crippen molar-refractivity contribution < 1.29 is 12.8 Å². The summed E-state index contributed by atoms with van der Waals surface area (Å²) in [6.45, 7) is 3.12. The van der Waals surface area contributed by atoms with Gasteiger partial charge in [0.1, 0.15) is 16.5 Å². The van der Waals surface area contributed by atoms with Gasteiger partial charge in [-0.2, -0.15) is 8.99 Å². The van der Waals surface area contributed by atoms with Crippen molar-refractivity contribution in [2.75, 3.05) is 31.1 Å². The molecule has 1 saturated heterocycles. The summed E-state index contributed by atoms with van der Waals surface area (Å²) in [7, 11) is -3.90. The van der Waals surface area contributed by atoms with E-state index in [9.17, 15) is 17.6 Å². The fraction of sp³-hybridized carbons (Fsp3) is 0.238. The predicted octanol–water partition coefficient (Wildman–Crippen LogP) is 2.19. The Balaban J connectivity index is 1.53. The molecule has 0 saturated carbocycles. The largest absolute Gasteiger partial charge is 0.353 e. The van der Waals surface area contributed by atoms with Crippen LogP contribution in [0.5, 0.6) is 0 Å². The van der Waals surface area contributed by atoms with E-state index in [0.717, 1.165) is 11.6 Å². The van der Waals surface area contributed by atoms with E-state index in [1.54, 1.807) is 6.07 Å². The number of sulfonamides is 1. The Morgan fingerprint density at radius 3 is 2.23 bits per heavy atom. The van der Waals surface area contributed by atoms with Crippen molar-refractivity contribution in [3.05, 3.63) is 82.4 Å². The molecule has 0 unspecified atom stereocenters. The molecule has 4 rings (SSSR count). The summed E-state index contributed by atoms with van der Waals surface area (Å²) >= 11 is 0. The van der Waals surface area contributed by atoms with Crippen LogP contribution in [0.3, 0.4) is 0 Å². The van der Waals surface area contributed by atoms with Crippen LogP contribution in [0.2, 0.25) is 0 Å². The Morgan fingerprint density at radius 2 is 1.57 bits per heavy atom. The zero-order valence-corrected chi connectivity index (χ0v) is 17.2. The van der Waals surface area contributed by atoms with E-state index in [4.69, 9.17) is 0 Å². The highest BCUT2D eigenvalue weighted by Crippen LogP contribution is 2.22. The summed E-state index contributed by atoms with van der Waals surface area (Å²) in [6, 6.07) is 15.9. The smallest absolute Gasteiger partial charge is 0.271 e. The lowest BCUT2D eigenvalue weighted by Gasteiger charge is -2.34. The van der Waals surface area contributed by atoms with Crippen molar-refractivity contribution in [1.82, 2.24) is 14.1 Å². The molecule has 7 nitrogen and oxygen atoms in total. The lowest BCUT2D eigenvalue weighted by atomic mass is 10.2. The first kappa shape index (κ1) is 20.2. The molecular weight excluding hydrogens is 407 g/mol. The third-order valence-electron chi connectivity index (χ3n) is 5.08. The van der Waals surface area contributed by atoms with Gasteiger partial charge in [0.15, 0.2) is 0 Å². The van der Waals surface area contributed by atoms with Crippen LogP contribution >= 0.6 is 0 Å². The maximum absolute atomic E-state index is 14.0. The van der Waals surface area contributed by atoms with Gasteiger partial charge in [-0.25, -0.2) is 12.8 Å². The van der Waals surface area contributed by atoms with Gasteiger partial charge in [-0.3, -0.25) is 4.79 Å². The number of benzene rings is 2. The fourth-order valence-electron chi connectivity index (χ4n) is 3.39. The Kier molecular flexibility index (Phi) is 5.40. The molecule has 3 aromatic rings. The number of halogens is 1. The molecule has 0 spiro atoms. The molecule has 2 heterocycles. The molecule has 1 aromatic heterocycles. The van der Waals surface area contributed by atoms with Gasteiger partial charge in [0, 0.05) is 32.2 Å². The van der Waals surface area contributed by atoms with Gasteiger partial charge in [0.25, 0.3) is 5.56 Å². The number of anilines is 1. The quantitative estimate of drug-likeness (QED) is 0.637. The summed E-state index contributed by atoms with van der Waals surface area (Å²) in [6.07, 6.45) is 0. The molecule has 1 aliphatic heterocycles. The molecule has 0 bridgehead atoms. The van der Waals surface area contributed by atoms with Crippen LogP contribution in [-0.2, 0) is 10.0 Å². The lowest BCUT2D eigenvalue weighted by molar-refractivity contribution is 0.380. The molecule has 0 amide bonds. The first-order valence-electron chi connectivity index (χ1n) is 9.53. The summed E-state index contributed by atoms with van der Waals surface area (Å²) in [4.78, 5) is 13.9. The summed E-state index contributed by atoms with van der Waals surface area (Å²) < 4.78 is 42.1. The van der Waals surface area contributed by atoms with Crippen LogP contribution in [0.4, 0.5) is 10.2 Å². The fourth-order valence-corrected chi connectivity index (χ4v) is 4.88. The SMILES string of the molecule is Cc1ccc(-n2nc(N3CCN(S(=O)(=O)c4ccccc4F)CC3)ccc2=O)cc1. The second kappa shape index (κ2) is 8.00. The molecule has 156 valence electrons. The average molecular weight is 428 g/mol. The van der Waals surface area contributed by atoms with Gasteiger partial charge >= 0.3 is 0 Å². The zero-order chi connectivity index (χ0) is 21.3. The van der Waals surface area contributed by atoms with Crippen LogP contribution in [-0.4, -0.2) is 48.7 Å².